The Morgan fingerprint density at radius 3 is 2.81 bits per heavy atom. The van der Waals surface area contributed by atoms with E-state index in [0.717, 1.165) is 0 Å². The molecular weight excluding hydrogens is 297 g/mol. The third-order valence-electron chi connectivity index (χ3n) is 2.78. The van der Waals surface area contributed by atoms with Crippen molar-refractivity contribution in [3.05, 3.63) is 46.9 Å². The largest absolute Gasteiger partial charge is 0.495 e. The summed E-state index contributed by atoms with van der Waals surface area (Å²) >= 11 is 5.88. The Balaban J connectivity index is 2.32. The van der Waals surface area contributed by atoms with Crippen molar-refractivity contribution in [2.24, 2.45) is 0 Å². The molecule has 2 aromatic rings. The van der Waals surface area contributed by atoms with Gasteiger partial charge >= 0.3 is 0 Å². The number of benzene rings is 1. The van der Waals surface area contributed by atoms with E-state index >= 15 is 0 Å². The molecule has 0 aliphatic carbocycles. The van der Waals surface area contributed by atoms with Gasteiger partial charge in [-0.1, -0.05) is 11.6 Å². The van der Waals surface area contributed by atoms with Crippen LogP contribution in [0.15, 0.2) is 30.5 Å². The van der Waals surface area contributed by atoms with Crippen LogP contribution in [0.2, 0.25) is 5.02 Å². The van der Waals surface area contributed by atoms with Crippen molar-refractivity contribution in [1.29, 1.82) is 0 Å². The van der Waals surface area contributed by atoms with E-state index < -0.39 is 11.7 Å². The molecule has 0 fully saturated rings. The van der Waals surface area contributed by atoms with Crippen LogP contribution in [0, 0.1) is 5.82 Å². The number of ether oxygens (including phenoxy) is 1. The highest BCUT2D eigenvalue weighted by molar-refractivity contribution is 6.31. The number of carbonyl (C=O) groups excluding carboxylic acids is 1. The number of methoxy groups -OCH3 is 1. The number of amides is 1. The zero-order chi connectivity index (χ0) is 15.4. The molecule has 0 spiro atoms. The van der Waals surface area contributed by atoms with E-state index in [4.69, 9.17) is 16.3 Å². The van der Waals surface area contributed by atoms with Crippen molar-refractivity contribution in [1.82, 2.24) is 4.98 Å². The minimum Gasteiger partial charge on any atom is -0.495 e. The summed E-state index contributed by atoms with van der Waals surface area (Å²) in [4.78, 5) is 16.0. The van der Waals surface area contributed by atoms with E-state index in [9.17, 15) is 9.18 Å². The molecule has 5 nitrogen and oxygen atoms in total. The maximum Gasteiger partial charge on any atom is 0.258 e. The fourth-order valence-electron chi connectivity index (χ4n) is 1.76. The highest BCUT2D eigenvalue weighted by Gasteiger charge is 2.17. The van der Waals surface area contributed by atoms with Crippen LogP contribution < -0.4 is 15.4 Å². The molecule has 1 heterocycles. The molecule has 110 valence electrons. The van der Waals surface area contributed by atoms with Gasteiger partial charge in [0, 0.05) is 18.3 Å². The molecule has 0 atom stereocenters. The number of hydrogen-bond acceptors (Lipinski definition) is 4. The number of halogens is 2. The van der Waals surface area contributed by atoms with Crippen molar-refractivity contribution < 1.29 is 13.9 Å². The van der Waals surface area contributed by atoms with Crippen LogP contribution in [0.5, 0.6) is 5.75 Å². The molecule has 1 amide bonds. The first kappa shape index (κ1) is 15.1. The van der Waals surface area contributed by atoms with Crippen molar-refractivity contribution in [3.63, 3.8) is 0 Å². The number of pyridine rings is 1. The predicted octanol–water partition coefficient (Wildman–Crippen LogP) is 3.18. The topological polar surface area (TPSA) is 63.2 Å². The van der Waals surface area contributed by atoms with E-state index in [-0.39, 0.29) is 11.4 Å². The third-order valence-corrected chi connectivity index (χ3v) is 3.02. The molecule has 2 rings (SSSR count). The Bertz CT molecular complexity index is 679. The molecule has 0 aliphatic rings. The molecule has 0 aliphatic heterocycles. The number of nitrogens with one attached hydrogen (secondary N) is 2. The lowest BCUT2D eigenvalue weighted by Crippen LogP contribution is -2.15. The molecule has 0 unspecified atom stereocenters. The SMILES string of the molecule is CNc1nccc(C(=O)Nc2cc(Cl)ccc2OC)c1F. The number of nitrogens with zero attached hydrogens (tertiary/aromatic N) is 1. The second kappa shape index (κ2) is 6.41. The van der Waals surface area contributed by atoms with Crippen LogP contribution in [0.1, 0.15) is 10.4 Å². The van der Waals surface area contributed by atoms with Crippen LogP contribution in [0.3, 0.4) is 0 Å². The second-order valence-corrected chi connectivity index (χ2v) is 4.51. The third kappa shape index (κ3) is 3.22. The average molecular weight is 310 g/mol. The molecule has 1 aromatic carbocycles. The Labute approximate surface area is 126 Å². The van der Waals surface area contributed by atoms with Crippen LogP contribution in [0.25, 0.3) is 0 Å². The first-order valence-corrected chi connectivity index (χ1v) is 6.41. The van der Waals surface area contributed by atoms with Gasteiger partial charge in [0.25, 0.3) is 5.91 Å². The van der Waals surface area contributed by atoms with Gasteiger partial charge in [0.2, 0.25) is 0 Å². The van der Waals surface area contributed by atoms with E-state index in [2.05, 4.69) is 15.6 Å². The lowest BCUT2D eigenvalue weighted by Gasteiger charge is -2.11. The monoisotopic (exact) mass is 309 g/mol. The number of aromatic nitrogens is 1. The number of rotatable bonds is 4. The average Bonchev–Trinajstić information content (AvgIpc) is 2.47. The normalized spacial score (nSPS) is 10.1. The quantitative estimate of drug-likeness (QED) is 0.910. The maximum atomic E-state index is 14.0. The standard InChI is InChI=1S/C14H13ClFN3O2/c1-17-13-12(16)9(5-6-18-13)14(20)19-10-7-8(15)3-4-11(10)21-2/h3-7H,1-2H3,(H,17,18)(H,19,20). The molecule has 21 heavy (non-hydrogen) atoms. The van der Waals surface area contributed by atoms with E-state index in [0.29, 0.717) is 16.5 Å². The maximum absolute atomic E-state index is 14.0. The summed E-state index contributed by atoms with van der Waals surface area (Å²) in [7, 11) is 2.98. The van der Waals surface area contributed by atoms with Crippen LogP contribution in [0.4, 0.5) is 15.9 Å². The number of anilines is 2. The summed E-state index contributed by atoms with van der Waals surface area (Å²) in [6.45, 7) is 0. The minimum absolute atomic E-state index is 0.000657. The first-order chi connectivity index (χ1) is 10.1. The van der Waals surface area contributed by atoms with Gasteiger partial charge in [0.1, 0.15) is 5.75 Å². The molecule has 0 radical (unpaired) electrons. The van der Waals surface area contributed by atoms with E-state index in [1.54, 1.807) is 12.1 Å². The van der Waals surface area contributed by atoms with Gasteiger partial charge in [-0.15, -0.1) is 0 Å². The van der Waals surface area contributed by atoms with Gasteiger partial charge in [-0.2, -0.15) is 0 Å². The first-order valence-electron chi connectivity index (χ1n) is 6.04. The molecule has 0 saturated heterocycles. The fraction of sp³-hybridized carbons (Fsp3) is 0.143. The highest BCUT2D eigenvalue weighted by Crippen LogP contribution is 2.28. The Morgan fingerprint density at radius 2 is 2.14 bits per heavy atom. The van der Waals surface area contributed by atoms with Gasteiger partial charge in [-0.25, -0.2) is 9.37 Å². The lowest BCUT2D eigenvalue weighted by molar-refractivity contribution is 0.102. The highest BCUT2D eigenvalue weighted by atomic mass is 35.5. The Kier molecular flexibility index (Phi) is 4.59. The van der Waals surface area contributed by atoms with E-state index in [1.165, 1.54) is 32.5 Å². The van der Waals surface area contributed by atoms with Crippen molar-refractivity contribution in [2.75, 3.05) is 24.8 Å². The van der Waals surface area contributed by atoms with Crippen molar-refractivity contribution in [2.45, 2.75) is 0 Å². The summed E-state index contributed by atoms with van der Waals surface area (Å²) in [5, 5.41) is 5.57. The van der Waals surface area contributed by atoms with Gasteiger partial charge in [0.15, 0.2) is 11.6 Å². The molecular formula is C14H13ClFN3O2. The zero-order valence-electron chi connectivity index (χ0n) is 11.4. The van der Waals surface area contributed by atoms with Crippen molar-refractivity contribution in [3.8, 4) is 5.75 Å². The number of hydrogen-bond donors (Lipinski definition) is 2. The van der Waals surface area contributed by atoms with E-state index in [1.807, 2.05) is 0 Å². The molecule has 0 bridgehead atoms. The summed E-state index contributed by atoms with van der Waals surface area (Å²) in [5.41, 5.74) is 0.230. The Morgan fingerprint density at radius 1 is 1.38 bits per heavy atom. The minimum atomic E-state index is -0.724. The van der Waals surface area contributed by atoms with Crippen LogP contribution >= 0.6 is 11.6 Å². The smallest absolute Gasteiger partial charge is 0.258 e. The lowest BCUT2D eigenvalue weighted by atomic mass is 10.2. The Hall–Kier alpha value is -2.34. The van der Waals surface area contributed by atoms with Gasteiger partial charge in [-0.3, -0.25) is 4.79 Å². The summed E-state index contributed by atoms with van der Waals surface area (Å²) in [6, 6.07) is 6.06. The summed E-state index contributed by atoms with van der Waals surface area (Å²) < 4.78 is 19.2. The zero-order valence-corrected chi connectivity index (χ0v) is 12.2. The molecule has 2 N–H and O–H groups in total. The van der Waals surface area contributed by atoms with Gasteiger partial charge < -0.3 is 15.4 Å². The van der Waals surface area contributed by atoms with Gasteiger partial charge in [-0.05, 0) is 24.3 Å². The summed E-state index contributed by atoms with van der Waals surface area (Å²) in [5.74, 6) is -0.915. The molecule has 1 aromatic heterocycles. The van der Waals surface area contributed by atoms with Crippen LogP contribution in [-0.2, 0) is 0 Å². The van der Waals surface area contributed by atoms with Crippen molar-refractivity contribution >= 4 is 29.0 Å². The van der Waals surface area contributed by atoms with Gasteiger partial charge in [0.05, 0.1) is 18.4 Å². The predicted molar refractivity (Wildman–Crippen MR) is 79.7 cm³/mol. The molecule has 0 saturated carbocycles. The second-order valence-electron chi connectivity index (χ2n) is 4.07. The number of carbonyl (C=O) groups is 1. The molecule has 7 heteroatoms. The van der Waals surface area contributed by atoms with Crippen LogP contribution in [-0.4, -0.2) is 25.0 Å². The summed E-state index contributed by atoms with van der Waals surface area (Å²) in [6.07, 6.45) is 1.35. The fourth-order valence-corrected chi connectivity index (χ4v) is 1.93.